The number of hydrogen-bond donors (Lipinski definition) is 2. The molecule has 5 nitrogen and oxygen atoms in total. The summed E-state index contributed by atoms with van der Waals surface area (Å²) in [6.45, 7) is 3.46. The van der Waals surface area contributed by atoms with Crippen molar-refractivity contribution in [3.63, 3.8) is 0 Å². The van der Waals surface area contributed by atoms with Gasteiger partial charge in [-0.05, 0) is 30.3 Å². The van der Waals surface area contributed by atoms with Crippen molar-refractivity contribution in [1.82, 2.24) is 10.3 Å². The average molecular weight is 309 g/mol. The average Bonchev–Trinajstić information content (AvgIpc) is 2.45. The van der Waals surface area contributed by atoms with Crippen LogP contribution in [0.4, 0.5) is 10.1 Å². The number of nitrogens with one attached hydrogen (secondary N) is 2. The Labute approximate surface area is 123 Å². The van der Waals surface area contributed by atoms with Gasteiger partial charge in [-0.3, -0.25) is 9.71 Å². The van der Waals surface area contributed by atoms with Crippen molar-refractivity contribution in [2.75, 3.05) is 11.3 Å². The maximum Gasteiger partial charge on any atom is 0.263 e. The van der Waals surface area contributed by atoms with E-state index in [0.29, 0.717) is 12.2 Å². The fourth-order valence-corrected chi connectivity index (χ4v) is 2.79. The molecule has 1 aromatic carbocycles. The number of sulfonamides is 1. The predicted molar refractivity (Wildman–Crippen MR) is 78.8 cm³/mol. The first kappa shape index (κ1) is 15.4. The Bertz CT molecular complexity index is 720. The van der Waals surface area contributed by atoms with E-state index < -0.39 is 15.8 Å². The van der Waals surface area contributed by atoms with Crippen molar-refractivity contribution in [2.24, 2.45) is 0 Å². The number of nitrogens with zero attached hydrogens (tertiary/aromatic N) is 1. The van der Waals surface area contributed by atoms with Crippen LogP contribution in [0.3, 0.4) is 0 Å². The first-order valence-electron chi connectivity index (χ1n) is 6.44. The molecule has 0 spiro atoms. The third-order valence-electron chi connectivity index (χ3n) is 2.75. The molecule has 2 rings (SSSR count). The monoisotopic (exact) mass is 309 g/mol. The number of anilines is 1. The van der Waals surface area contributed by atoms with Crippen molar-refractivity contribution in [3.8, 4) is 0 Å². The number of aromatic nitrogens is 1. The van der Waals surface area contributed by atoms with Gasteiger partial charge in [-0.2, -0.15) is 0 Å². The highest BCUT2D eigenvalue weighted by Crippen LogP contribution is 2.17. The maximum absolute atomic E-state index is 13.1. The summed E-state index contributed by atoms with van der Waals surface area (Å²) in [5.41, 5.74) is 1.38. The summed E-state index contributed by atoms with van der Waals surface area (Å²) in [4.78, 5) is 3.34. The zero-order chi connectivity index (χ0) is 15.3. The lowest BCUT2D eigenvalue weighted by Gasteiger charge is -2.09. The van der Waals surface area contributed by atoms with Gasteiger partial charge in [0, 0.05) is 18.4 Å². The normalized spacial score (nSPS) is 11.3. The summed E-state index contributed by atoms with van der Waals surface area (Å²) in [7, 11) is -3.85. The van der Waals surface area contributed by atoms with Crippen LogP contribution >= 0.6 is 0 Å². The van der Waals surface area contributed by atoms with Crippen molar-refractivity contribution in [2.45, 2.75) is 18.4 Å². The van der Waals surface area contributed by atoms with E-state index in [2.05, 4.69) is 15.0 Å². The molecule has 0 aliphatic carbocycles. The van der Waals surface area contributed by atoms with E-state index in [4.69, 9.17) is 0 Å². The zero-order valence-electron chi connectivity index (χ0n) is 11.5. The molecule has 2 N–H and O–H groups in total. The van der Waals surface area contributed by atoms with Gasteiger partial charge >= 0.3 is 0 Å². The van der Waals surface area contributed by atoms with Crippen LogP contribution in [0.15, 0.2) is 47.6 Å². The van der Waals surface area contributed by atoms with Gasteiger partial charge in [0.05, 0.1) is 6.20 Å². The SMILES string of the molecule is CCNCc1cccc(NS(=O)(=O)c2cncc(F)c2)c1. The van der Waals surface area contributed by atoms with E-state index in [-0.39, 0.29) is 4.90 Å². The van der Waals surface area contributed by atoms with Gasteiger partial charge < -0.3 is 5.32 Å². The van der Waals surface area contributed by atoms with Crippen molar-refractivity contribution >= 4 is 15.7 Å². The van der Waals surface area contributed by atoms with Gasteiger partial charge in [-0.1, -0.05) is 19.1 Å². The van der Waals surface area contributed by atoms with E-state index in [1.165, 1.54) is 0 Å². The first-order chi connectivity index (χ1) is 10.0. The van der Waals surface area contributed by atoms with E-state index in [1.54, 1.807) is 18.2 Å². The summed E-state index contributed by atoms with van der Waals surface area (Å²) in [6, 6.07) is 7.95. The molecule has 21 heavy (non-hydrogen) atoms. The Balaban J connectivity index is 2.20. The molecule has 0 fully saturated rings. The molecule has 112 valence electrons. The molecule has 0 aliphatic heterocycles. The molecule has 0 saturated heterocycles. The first-order valence-corrected chi connectivity index (χ1v) is 7.92. The fourth-order valence-electron chi connectivity index (χ4n) is 1.77. The highest BCUT2D eigenvalue weighted by Gasteiger charge is 2.15. The third kappa shape index (κ3) is 4.24. The van der Waals surface area contributed by atoms with Crippen molar-refractivity contribution in [3.05, 3.63) is 54.1 Å². The van der Waals surface area contributed by atoms with Crippen LogP contribution in [0.5, 0.6) is 0 Å². The second-order valence-corrected chi connectivity index (χ2v) is 6.11. The smallest absolute Gasteiger partial charge is 0.263 e. The fraction of sp³-hybridized carbons (Fsp3) is 0.214. The van der Waals surface area contributed by atoms with Crippen LogP contribution in [-0.4, -0.2) is 19.9 Å². The molecular weight excluding hydrogens is 293 g/mol. The molecule has 0 aliphatic rings. The van der Waals surface area contributed by atoms with E-state index >= 15 is 0 Å². The molecule has 7 heteroatoms. The lowest BCUT2D eigenvalue weighted by Crippen LogP contribution is -2.15. The minimum absolute atomic E-state index is 0.209. The van der Waals surface area contributed by atoms with E-state index in [9.17, 15) is 12.8 Å². The molecule has 1 aromatic heterocycles. The molecule has 0 unspecified atom stereocenters. The zero-order valence-corrected chi connectivity index (χ0v) is 12.3. The van der Waals surface area contributed by atoms with Crippen LogP contribution in [-0.2, 0) is 16.6 Å². The van der Waals surface area contributed by atoms with Gasteiger partial charge in [0.25, 0.3) is 10.0 Å². The molecule has 0 radical (unpaired) electrons. The quantitative estimate of drug-likeness (QED) is 0.857. The lowest BCUT2D eigenvalue weighted by molar-refractivity contribution is 0.592. The standard InChI is InChI=1S/C14H16FN3O2S/c1-2-16-8-11-4-3-5-13(6-11)18-21(19,20)14-7-12(15)9-17-10-14/h3-7,9-10,16,18H,2,8H2,1H3. The molecule has 0 saturated carbocycles. The number of hydrogen-bond acceptors (Lipinski definition) is 4. The molecule has 1 heterocycles. The topological polar surface area (TPSA) is 71.1 Å². The predicted octanol–water partition coefficient (Wildman–Crippen LogP) is 2.13. The second kappa shape index (κ2) is 6.64. The molecule has 0 amide bonds. The molecule has 0 atom stereocenters. The van der Waals surface area contributed by atoms with Crippen molar-refractivity contribution in [1.29, 1.82) is 0 Å². The van der Waals surface area contributed by atoms with Crippen LogP contribution in [0, 0.1) is 5.82 Å². The second-order valence-electron chi connectivity index (χ2n) is 4.43. The minimum atomic E-state index is -3.85. The van der Waals surface area contributed by atoms with Gasteiger partial charge in [0.2, 0.25) is 0 Å². The minimum Gasteiger partial charge on any atom is -0.313 e. The van der Waals surface area contributed by atoms with Gasteiger partial charge in [-0.15, -0.1) is 0 Å². The number of benzene rings is 1. The Kier molecular flexibility index (Phi) is 4.87. The summed E-state index contributed by atoms with van der Waals surface area (Å²) in [5, 5.41) is 3.16. The molecular formula is C14H16FN3O2S. The number of pyridine rings is 1. The van der Waals surface area contributed by atoms with Crippen LogP contribution in [0.25, 0.3) is 0 Å². The molecule has 2 aromatic rings. The summed E-state index contributed by atoms with van der Waals surface area (Å²) in [6.07, 6.45) is 2.06. The Hall–Kier alpha value is -1.99. The summed E-state index contributed by atoms with van der Waals surface area (Å²) >= 11 is 0. The highest BCUT2D eigenvalue weighted by molar-refractivity contribution is 7.92. The van der Waals surface area contributed by atoms with Crippen LogP contribution < -0.4 is 10.0 Å². The van der Waals surface area contributed by atoms with Gasteiger partial charge in [0.1, 0.15) is 10.7 Å². The van der Waals surface area contributed by atoms with Crippen molar-refractivity contribution < 1.29 is 12.8 Å². The maximum atomic E-state index is 13.1. The Morgan fingerprint density at radius 1 is 1.24 bits per heavy atom. The molecule has 0 bridgehead atoms. The van der Waals surface area contributed by atoms with Gasteiger partial charge in [0.15, 0.2) is 0 Å². The van der Waals surface area contributed by atoms with E-state index in [0.717, 1.165) is 30.6 Å². The highest BCUT2D eigenvalue weighted by atomic mass is 32.2. The van der Waals surface area contributed by atoms with E-state index in [1.807, 2.05) is 13.0 Å². The lowest BCUT2D eigenvalue weighted by atomic mass is 10.2. The summed E-state index contributed by atoms with van der Waals surface area (Å²) < 4.78 is 39.8. The van der Waals surface area contributed by atoms with Crippen LogP contribution in [0.1, 0.15) is 12.5 Å². The Morgan fingerprint density at radius 2 is 2.05 bits per heavy atom. The summed E-state index contributed by atoms with van der Waals surface area (Å²) in [5.74, 6) is -0.696. The third-order valence-corrected chi connectivity index (χ3v) is 4.10. The van der Waals surface area contributed by atoms with Crippen LogP contribution in [0.2, 0.25) is 0 Å². The largest absolute Gasteiger partial charge is 0.313 e. The number of halogens is 1. The van der Waals surface area contributed by atoms with Gasteiger partial charge in [-0.25, -0.2) is 12.8 Å². The number of rotatable bonds is 6. The Morgan fingerprint density at radius 3 is 2.76 bits per heavy atom.